The lowest BCUT2D eigenvalue weighted by Crippen LogP contribution is -2.26. The fourth-order valence-corrected chi connectivity index (χ4v) is 2.81. The van der Waals surface area contributed by atoms with Crippen LogP contribution in [0.25, 0.3) is 0 Å². The highest BCUT2D eigenvalue weighted by molar-refractivity contribution is 5.86. The molecule has 1 aliphatic carbocycles. The van der Waals surface area contributed by atoms with Crippen molar-refractivity contribution in [3.8, 4) is 0 Å². The summed E-state index contributed by atoms with van der Waals surface area (Å²) in [4.78, 5) is 13.4. The summed E-state index contributed by atoms with van der Waals surface area (Å²) in [6, 6.07) is 3.42. The van der Waals surface area contributed by atoms with Crippen molar-refractivity contribution in [1.82, 2.24) is 10.2 Å². The van der Waals surface area contributed by atoms with Crippen LogP contribution in [0, 0.1) is 17.8 Å². The second-order valence-corrected chi connectivity index (χ2v) is 4.85. The Morgan fingerprint density at radius 3 is 2.67 bits per heavy atom. The van der Waals surface area contributed by atoms with Crippen molar-refractivity contribution in [1.29, 1.82) is 0 Å². The molecule has 1 unspecified atom stereocenters. The summed E-state index contributed by atoms with van der Waals surface area (Å²) >= 11 is 0. The highest BCUT2D eigenvalue weighted by atomic mass is 16.5. The number of carbonyl (C=O) groups excluding carboxylic acids is 1. The molecule has 1 aromatic rings. The number of aliphatic hydroxyl groups is 1. The number of aliphatic hydroxyl groups excluding tert-OH is 1. The standard InChI is InChI=1S/C12H15N3O3/c1-18-12(17)10-2-3-11(14-13-10)15-4-7-8(5-15)9(7)6-16/h2-3,7-9,16H,4-6H2,1H3/t7-,8+,9?. The van der Waals surface area contributed by atoms with Gasteiger partial charge in [0.15, 0.2) is 11.5 Å². The van der Waals surface area contributed by atoms with Crippen molar-refractivity contribution in [3.63, 3.8) is 0 Å². The highest BCUT2D eigenvalue weighted by Gasteiger charge is 2.55. The molecule has 0 radical (unpaired) electrons. The van der Waals surface area contributed by atoms with E-state index in [0.29, 0.717) is 17.8 Å². The minimum Gasteiger partial charge on any atom is -0.464 e. The lowest BCUT2D eigenvalue weighted by Gasteiger charge is -2.19. The molecule has 6 nitrogen and oxygen atoms in total. The molecule has 2 heterocycles. The zero-order chi connectivity index (χ0) is 12.7. The molecule has 2 fully saturated rings. The summed E-state index contributed by atoms with van der Waals surface area (Å²) < 4.78 is 4.57. The van der Waals surface area contributed by atoms with Crippen molar-refractivity contribution in [3.05, 3.63) is 17.8 Å². The summed E-state index contributed by atoms with van der Waals surface area (Å²) in [6.07, 6.45) is 0. The molecule has 1 saturated carbocycles. The quantitative estimate of drug-likeness (QED) is 0.756. The SMILES string of the molecule is COC(=O)c1ccc(N2C[C@@H]3C(CO)[C@@H]3C2)nn1. The number of aromatic nitrogens is 2. The minimum atomic E-state index is -0.473. The Morgan fingerprint density at radius 2 is 2.17 bits per heavy atom. The molecular formula is C12H15N3O3. The molecule has 18 heavy (non-hydrogen) atoms. The third-order valence-corrected chi connectivity index (χ3v) is 3.95. The van der Waals surface area contributed by atoms with Gasteiger partial charge in [0.1, 0.15) is 0 Å². The van der Waals surface area contributed by atoms with Crippen LogP contribution in [0.1, 0.15) is 10.5 Å². The first-order valence-corrected chi connectivity index (χ1v) is 6.02. The van der Waals surface area contributed by atoms with Crippen molar-refractivity contribution in [2.45, 2.75) is 0 Å². The lowest BCUT2D eigenvalue weighted by atomic mass is 10.3. The Morgan fingerprint density at radius 1 is 1.44 bits per heavy atom. The first-order chi connectivity index (χ1) is 8.74. The van der Waals surface area contributed by atoms with Gasteiger partial charge in [0.05, 0.1) is 7.11 Å². The number of hydrogen-bond donors (Lipinski definition) is 1. The van der Waals surface area contributed by atoms with E-state index in [1.807, 2.05) is 0 Å². The minimum absolute atomic E-state index is 0.221. The van der Waals surface area contributed by atoms with E-state index in [-0.39, 0.29) is 12.3 Å². The maximum Gasteiger partial charge on any atom is 0.358 e. The van der Waals surface area contributed by atoms with E-state index in [1.165, 1.54) is 7.11 Å². The Hall–Kier alpha value is -1.69. The topological polar surface area (TPSA) is 75.5 Å². The zero-order valence-electron chi connectivity index (χ0n) is 10.1. The van der Waals surface area contributed by atoms with Crippen molar-refractivity contribution in [2.75, 3.05) is 31.7 Å². The molecule has 0 aromatic carbocycles. The zero-order valence-corrected chi connectivity index (χ0v) is 10.1. The molecule has 6 heteroatoms. The maximum atomic E-state index is 11.2. The molecule has 1 aliphatic heterocycles. The average Bonchev–Trinajstić information content (AvgIpc) is 2.89. The molecule has 96 valence electrons. The van der Waals surface area contributed by atoms with Gasteiger partial charge in [-0.15, -0.1) is 10.2 Å². The van der Waals surface area contributed by atoms with Crippen LogP contribution in [0.4, 0.5) is 5.82 Å². The monoisotopic (exact) mass is 249 g/mol. The summed E-state index contributed by atoms with van der Waals surface area (Å²) in [5, 5.41) is 17.0. The summed E-state index contributed by atoms with van der Waals surface area (Å²) in [5.41, 5.74) is 0.221. The Bertz CT molecular complexity index is 450. The average molecular weight is 249 g/mol. The number of hydrogen-bond acceptors (Lipinski definition) is 6. The molecular weight excluding hydrogens is 234 g/mol. The van der Waals surface area contributed by atoms with E-state index in [0.717, 1.165) is 18.9 Å². The number of rotatable bonds is 3. The second-order valence-electron chi connectivity index (χ2n) is 4.85. The first kappa shape index (κ1) is 11.4. The van der Waals surface area contributed by atoms with Crippen LogP contribution in [0.5, 0.6) is 0 Å². The smallest absolute Gasteiger partial charge is 0.358 e. The van der Waals surface area contributed by atoms with Gasteiger partial charge >= 0.3 is 5.97 Å². The van der Waals surface area contributed by atoms with Crippen LogP contribution in [0.15, 0.2) is 12.1 Å². The molecule has 3 atom stereocenters. The molecule has 0 bridgehead atoms. The van der Waals surface area contributed by atoms with E-state index < -0.39 is 5.97 Å². The highest BCUT2D eigenvalue weighted by Crippen LogP contribution is 2.51. The van der Waals surface area contributed by atoms with E-state index in [4.69, 9.17) is 5.11 Å². The van der Waals surface area contributed by atoms with Crippen molar-refractivity contribution in [2.24, 2.45) is 17.8 Å². The molecule has 1 N–H and O–H groups in total. The third-order valence-electron chi connectivity index (χ3n) is 3.95. The summed E-state index contributed by atoms with van der Waals surface area (Å²) in [7, 11) is 1.32. The fraction of sp³-hybridized carbons (Fsp3) is 0.583. The van der Waals surface area contributed by atoms with Gasteiger partial charge in [-0.05, 0) is 29.9 Å². The molecule has 0 spiro atoms. The van der Waals surface area contributed by atoms with E-state index in [9.17, 15) is 4.79 Å². The fourth-order valence-electron chi connectivity index (χ4n) is 2.81. The lowest BCUT2D eigenvalue weighted by molar-refractivity contribution is 0.0592. The summed E-state index contributed by atoms with van der Waals surface area (Å²) in [5.74, 6) is 1.97. The van der Waals surface area contributed by atoms with Crippen molar-refractivity contribution >= 4 is 11.8 Å². The van der Waals surface area contributed by atoms with Gasteiger partial charge in [-0.1, -0.05) is 0 Å². The predicted molar refractivity (Wildman–Crippen MR) is 63.1 cm³/mol. The van der Waals surface area contributed by atoms with Crippen molar-refractivity contribution < 1.29 is 14.6 Å². The second kappa shape index (κ2) is 4.20. The molecule has 0 amide bonds. The number of methoxy groups -OCH3 is 1. The van der Waals surface area contributed by atoms with Crippen LogP contribution in [0.3, 0.4) is 0 Å². The molecule has 3 rings (SSSR count). The van der Waals surface area contributed by atoms with E-state index in [1.54, 1.807) is 12.1 Å². The predicted octanol–water partition coefficient (Wildman–Crippen LogP) is -0.0623. The van der Waals surface area contributed by atoms with Gasteiger partial charge in [-0.3, -0.25) is 0 Å². The van der Waals surface area contributed by atoms with Crippen LogP contribution in [-0.4, -0.2) is 48.1 Å². The van der Waals surface area contributed by atoms with Crippen LogP contribution < -0.4 is 4.90 Å². The van der Waals surface area contributed by atoms with Crippen LogP contribution >= 0.6 is 0 Å². The van der Waals surface area contributed by atoms with Gasteiger partial charge in [-0.25, -0.2) is 4.79 Å². The molecule has 1 saturated heterocycles. The number of esters is 1. The molecule has 2 aliphatic rings. The number of fused-ring (bicyclic) bond motifs is 1. The number of ether oxygens (including phenoxy) is 1. The van der Waals surface area contributed by atoms with E-state index >= 15 is 0 Å². The first-order valence-electron chi connectivity index (χ1n) is 6.02. The Labute approximate surface area is 105 Å². The normalized spacial score (nSPS) is 29.0. The van der Waals surface area contributed by atoms with Gasteiger partial charge < -0.3 is 14.7 Å². The molecule has 1 aromatic heterocycles. The van der Waals surface area contributed by atoms with Gasteiger partial charge in [0, 0.05) is 19.7 Å². The Balaban J connectivity index is 1.66. The third kappa shape index (κ3) is 1.73. The number of anilines is 1. The number of carbonyl (C=O) groups is 1. The van der Waals surface area contributed by atoms with Gasteiger partial charge in [0.25, 0.3) is 0 Å². The van der Waals surface area contributed by atoms with Crippen LogP contribution in [-0.2, 0) is 4.74 Å². The maximum absolute atomic E-state index is 11.2. The Kier molecular flexibility index (Phi) is 2.66. The van der Waals surface area contributed by atoms with E-state index in [2.05, 4.69) is 19.8 Å². The van der Waals surface area contributed by atoms with Crippen LogP contribution in [0.2, 0.25) is 0 Å². The largest absolute Gasteiger partial charge is 0.464 e. The number of nitrogens with zero attached hydrogens (tertiary/aromatic N) is 3. The number of piperidine rings is 1. The van der Waals surface area contributed by atoms with Gasteiger partial charge in [0.2, 0.25) is 0 Å². The van der Waals surface area contributed by atoms with Gasteiger partial charge in [-0.2, -0.15) is 0 Å². The summed E-state index contributed by atoms with van der Waals surface area (Å²) in [6.45, 7) is 2.13.